The number of benzene rings is 2. The Hall–Kier alpha value is -2.09. The molecule has 6 nitrogen and oxygen atoms in total. The van der Waals surface area contributed by atoms with Gasteiger partial charge < -0.3 is 10.0 Å². The zero-order valence-electron chi connectivity index (χ0n) is 20.2. The van der Waals surface area contributed by atoms with Gasteiger partial charge in [0, 0.05) is 21.9 Å². The third kappa shape index (κ3) is 5.84. The molecule has 0 unspecified atom stereocenters. The largest absolute Gasteiger partial charge is 0.481 e. The molecule has 2 aromatic rings. The van der Waals surface area contributed by atoms with Crippen LogP contribution in [-0.2, 0) is 19.4 Å². The van der Waals surface area contributed by atoms with Gasteiger partial charge in [0.25, 0.3) is 0 Å². The fourth-order valence-corrected chi connectivity index (χ4v) is 7.18. The molecule has 190 valence electrons. The summed E-state index contributed by atoms with van der Waals surface area (Å²) in [6.45, 7) is 6.73. The van der Waals surface area contributed by atoms with Gasteiger partial charge in [0.2, 0.25) is 5.91 Å². The molecule has 0 saturated carbocycles. The molecule has 1 amide bonds. The van der Waals surface area contributed by atoms with Crippen molar-refractivity contribution in [1.29, 1.82) is 0 Å². The zero-order valence-corrected chi connectivity index (χ0v) is 22.5. The molecular formula is C26H31Cl2NO5S. The van der Waals surface area contributed by atoms with Crippen molar-refractivity contribution in [2.75, 3.05) is 0 Å². The second-order valence-corrected chi connectivity index (χ2v) is 13.2. The summed E-state index contributed by atoms with van der Waals surface area (Å²) in [5, 5.41) is 8.72. The number of halogens is 2. The van der Waals surface area contributed by atoms with E-state index in [0.29, 0.717) is 10.0 Å². The summed E-state index contributed by atoms with van der Waals surface area (Å²) in [5.41, 5.74) is 1.54. The topological polar surface area (TPSA) is 91.8 Å². The van der Waals surface area contributed by atoms with E-state index >= 15 is 0 Å². The highest BCUT2D eigenvalue weighted by atomic mass is 35.5. The van der Waals surface area contributed by atoms with Crippen LogP contribution in [0.2, 0.25) is 10.0 Å². The standard InChI is InChI=1S/C26H31Cl2NO5S/c1-15(2)26(35(33,34)16(3)4)29-24(17-8-10-20(27)11-9-17)22(18-6-5-7-21(28)12-18)13-19(25(29)32)14-23(30)31/h5-12,15-16,19,22,24,26H,13-14H2,1-4H3,(H,30,31)/t19-,22+,24-,26-/m1/s1. The Labute approximate surface area is 217 Å². The van der Waals surface area contributed by atoms with Crippen LogP contribution in [0.4, 0.5) is 0 Å². The molecule has 9 heteroatoms. The molecule has 1 aliphatic heterocycles. The number of carbonyl (C=O) groups is 2. The first-order valence-electron chi connectivity index (χ1n) is 11.6. The highest BCUT2D eigenvalue weighted by molar-refractivity contribution is 7.92. The maximum Gasteiger partial charge on any atom is 0.304 e. The average molecular weight is 541 g/mol. The molecule has 2 aromatic carbocycles. The van der Waals surface area contributed by atoms with Crippen molar-refractivity contribution in [2.45, 2.75) is 63.1 Å². The van der Waals surface area contributed by atoms with Crippen molar-refractivity contribution < 1.29 is 23.1 Å². The highest BCUT2D eigenvalue weighted by Gasteiger charge is 2.50. The number of rotatable bonds is 8. The van der Waals surface area contributed by atoms with Gasteiger partial charge in [-0.3, -0.25) is 9.59 Å². The van der Waals surface area contributed by atoms with Gasteiger partial charge in [-0.15, -0.1) is 0 Å². The maximum atomic E-state index is 13.9. The van der Waals surface area contributed by atoms with Crippen molar-refractivity contribution in [2.24, 2.45) is 11.8 Å². The summed E-state index contributed by atoms with van der Waals surface area (Å²) in [6.07, 6.45) is -0.131. The zero-order chi connectivity index (χ0) is 26.1. The second-order valence-electron chi connectivity index (χ2n) is 9.71. The van der Waals surface area contributed by atoms with E-state index in [1.807, 2.05) is 6.07 Å². The number of sulfone groups is 1. The molecule has 4 atom stereocenters. The molecule has 1 fully saturated rings. The van der Waals surface area contributed by atoms with Gasteiger partial charge >= 0.3 is 5.97 Å². The Bertz CT molecular complexity index is 1180. The van der Waals surface area contributed by atoms with E-state index in [0.717, 1.165) is 11.1 Å². The van der Waals surface area contributed by atoms with E-state index in [1.54, 1.807) is 70.2 Å². The summed E-state index contributed by atoms with van der Waals surface area (Å²) < 4.78 is 27.2. The molecule has 0 aromatic heterocycles. The number of likely N-dealkylation sites (tertiary alicyclic amines) is 1. The van der Waals surface area contributed by atoms with E-state index in [4.69, 9.17) is 23.2 Å². The molecule has 1 N–H and O–H groups in total. The monoisotopic (exact) mass is 539 g/mol. The Morgan fingerprint density at radius 1 is 1.03 bits per heavy atom. The van der Waals surface area contributed by atoms with Gasteiger partial charge in [-0.25, -0.2) is 8.42 Å². The lowest BCUT2D eigenvalue weighted by molar-refractivity contribution is -0.151. The van der Waals surface area contributed by atoms with Crippen LogP contribution in [0.15, 0.2) is 48.5 Å². The Balaban J connectivity index is 2.31. The van der Waals surface area contributed by atoms with Crippen molar-refractivity contribution in [3.8, 4) is 0 Å². The molecule has 35 heavy (non-hydrogen) atoms. The minimum absolute atomic E-state index is 0.252. The van der Waals surface area contributed by atoms with Crippen LogP contribution in [0.5, 0.6) is 0 Å². The number of aliphatic carboxylic acids is 1. The summed E-state index contributed by atoms with van der Waals surface area (Å²) in [6, 6.07) is 13.6. The fourth-order valence-electron chi connectivity index (χ4n) is 4.99. The average Bonchev–Trinajstić information content (AvgIpc) is 2.76. The third-order valence-electron chi connectivity index (χ3n) is 6.57. The normalized spacial score (nSPS) is 22.0. The predicted molar refractivity (Wildman–Crippen MR) is 138 cm³/mol. The number of carbonyl (C=O) groups excluding carboxylic acids is 1. The number of amides is 1. The molecule has 1 aliphatic rings. The lowest BCUT2D eigenvalue weighted by Gasteiger charge is -2.49. The van der Waals surface area contributed by atoms with Crippen LogP contribution < -0.4 is 0 Å². The molecule has 3 rings (SSSR count). The van der Waals surface area contributed by atoms with E-state index in [-0.39, 0.29) is 18.8 Å². The first-order chi connectivity index (χ1) is 16.3. The van der Waals surface area contributed by atoms with Crippen LogP contribution in [0.3, 0.4) is 0 Å². The van der Waals surface area contributed by atoms with Crippen molar-refractivity contribution in [3.05, 3.63) is 69.7 Å². The summed E-state index contributed by atoms with van der Waals surface area (Å²) >= 11 is 12.4. The van der Waals surface area contributed by atoms with Gasteiger partial charge in [0.1, 0.15) is 5.37 Å². The van der Waals surface area contributed by atoms with Crippen LogP contribution in [0.25, 0.3) is 0 Å². The SMILES string of the molecule is CC(C)[C@H](N1C(=O)[C@@H](CC(=O)O)C[C@@H](c2cccc(Cl)c2)[C@H]1c1ccc(Cl)cc1)S(=O)(=O)C(C)C. The second kappa shape index (κ2) is 10.9. The van der Waals surface area contributed by atoms with Crippen LogP contribution >= 0.6 is 23.2 Å². The summed E-state index contributed by atoms with van der Waals surface area (Å²) in [5.74, 6) is -3.24. The summed E-state index contributed by atoms with van der Waals surface area (Å²) in [7, 11) is -3.78. The van der Waals surface area contributed by atoms with E-state index < -0.39 is 50.2 Å². The van der Waals surface area contributed by atoms with Gasteiger partial charge in [-0.1, -0.05) is 61.3 Å². The Morgan fingerprint density at radius 3 is 2.17 bits per heavy atom. The number of carboxylic acid groups (broad SMARTS) is 1. The van der Waals surface area contributed by atoms with Crippen molar-refractivity contribution in [3.63, 3.8) is 0 Å². The first-order valence-corrected chi connectivity index (χ1v) is 14.0. The third-order valence-corrected chi connectivity index (χ3v) is 9.82. The maximum absolute atomic E-state index is 13.9. The molecule has 1 heterocycles. The molecule has 0 radical (unpaired) electrons. The predicted octanol–water partition coefficient (Wildman–Crippen LogP) is 5.95. The number of carboxylic acids is 1. The van der Waals surface area contributed by atoms with Crippen molar-refractivity contribution >= 4 is 44.9 Å². The lowest BCUT2D eigenvalue weighted by Crippen LogP contribution is -2.57. The smallest absolute Gasteiger partial charge is 0.304 e. The first kappa shape index (κ1) is 27.5. The minimum Gasteiger partial charge on any atom is -0.481 e. The van der Waals surface area contributed by atoms with Crippen LogP contribution in [0, 0.1) is 11.8 Å². The van der Waals surface area contributed by atoms with Gasteiger partial charge in [0.05, 0.1) is 17.7 Å². The Morgan fingerprint density at radius 2 is 1.66 bits per heavy atom. The van der Waals surface area contributed by atoms with Gasteiger partial charge in [-0.05, 0) is 61.6 Å². The fraction of sp³-hybridized carbons (Fsp3) is 0.462. The molecule has 0 aliphatic carbocycles. The molecular weight excluding hydrogens is 509 g/mol. The lowest BCUT2D eigenvalue weighted by atomic mass is 9.74. The number of hydrogen-bond donors (Lipinski definition) is 1. The highest BCUT2D eigenvalue weighted by Crippen LogP contribution is 2.49. The number of nitrogens with zero attached hydrogens (tertiary/aromatic N) is 1. The number of piperidine rings is 1. The quantitative estimate of drug-likeness (QED) is 0.447. The van der Waals surface area contributed by atoms with Crippen LogP contribution in [0.1, 0.15) is 63.6 Å². The summed E-state index contributed by atoms with van der Waals surface area (Å²) in [4.78, 5) is 27.0. The van der Waals surface area contributed by atoms with E-state index in [1.165, 1.54) is 4.90 Å². The molecule has 0 spiro atoms. The van der Waals surface area contributed by atoms with E-state index in [2.05, 4.69) is 0 Å². The molecule has 1 saturated heterocycles. The van der Waals surface area contributed by atoms with Crippen molar-refractivity contribution in [1.82, 2.24) is 4.90 Å². The van der Waals surface area contributed by atoms with Crippen LogP contribution in [-0.4, -0.2) is 40.9 Å². The van der Waals surface area contributed by atoms with E-state index in [9.17, 15) is 23.1 Å². The van der Waals surface area contributed by atoms with Gasteiger partial charge in [-0.2, -0.15) is 0 Å². The number of hydrogen-bond acceptors (Lipinski definition) is 4. The minimum atomic E-state index is -3.78. The Kier molecular flexibility index (Phi) is 8.56. The van der Waals surface area contributed by atoms with Gasteiger partial charge in [0.15, 0.2) is 9.84 Å². The molecule has 0 bridgehead atoms.